The maximum absolute atomic E-state index is 12.0. The molecule has 0 unspecified atom stereocenters. The highest BCUT2D eigenvalue weighted by Crippen LogP contribution is 2.23. The molecule has 6 heteroatoms. The van der Waals surface area contributed by atoms with Crippen LogP contribution in [-0.4, -0.2) is 22.5 Å². The average Bonchev–Trinajstić information content (AvgIpc) is 3.09. The zero-order chi connectivity index (χ0) is 17.5. The third-order valence-electron chi connectivity index (χ3n) is 3.58. The fraction of sp³-hybridized carbons (Fsp3) is 0.211. The number of hydrogen-bond acceptors (Lipinski definition) is 5. The Morgan fingerprint density at radius 2 is 2.00 bits per heavy atom. The topological polar surface area (TPSA) is 64.1 Å². The quantitative estimate of drug-likeness (QED) is 0.643. The van der Waals surface area contributed by atoms with Crippen molar-refractivity contribution in [1.82, 2.24) is 9.97 Å². The van der Waals surface area contributed by atoms with Gasteiger partial charge in [-0.15, -0.1) is 11.3 Å². The van der Waals surface area contributed by atoms with E-state index in [-0.39, 0.29) is 5.91 Å². The van der Waals surface area contributed by atoms with E-state index < -0.39 is 0 Å². The molecular weight excluding hydrogens is 334 g/mol. The van der Waals surface area contributed by atoms with E-state index in [9.17, 15) is 4.79 Å². The van der Waals surface area contributed by atoms with Crippen molar-refractivity contribution in [3.63, 3.8) is 0 Å². The van der Waals surface area contributed by atoms with Crippen LogP contribution in [0.15, 0.2) is 54.0 Å². The van der Waals surface area contributed by atoms with Crippen molar-refractivity contribution >= 4 is 22.4 Å². The molecule has 0 aliphatic rings. The molecule has 0 spiro atoms. The number of rotatable bonds is 7. The number of hydrogen-bond donors (Lipinski definition) is 1. The van der Waals surface area contributed by atoms with Gasteiger partial charge in [-0.2, -0.15) is 0 Å². The molecule has 2 heterocycles. The molecule has 0 aliphatic carbocycles. The molecule has 3 aromatic rings. The predicted octanol–water partition coefficient (Wildman–Crippen LogP) is 4.31. The molecule has 0 saturated heterocycles. The van der Waals surface area contributed by atoms with E-state index in [1.807, 2.05) is 54.8 Å². The summed E-state index contributed by atoms with van der Waals surface area (Å²) in [5.74, 6) is 0.804. The highest BCUT2D eigenvalue weighted by molar-refractivity contribution is 7.14. The number of carbonyl (C=O) groups is 1. The van der Waals surface area contributed by atoms with Gasteiger partial charge in [-0.05, 0) is 37.1 Å². The van der Waals surface area contributed by atoms with Gasteiger partial charge in [-0.1, -0.05) is 24.3 Å². The summed E-state index contributed by atoms with van der Waals surface area (Å²) in [5.41, 5.74) is 2.66. The van der Waals surface area contributed by atoms with Gasteiger partial charge >= 0.3 is 0 Å². The van der Waals surface area contributed by atoms with E-state index in [0.29, 0.717) is 24.6 Å². The molecular formula is C19H19N3O2S. The minimum absolute atomic E-state index is 0.0599. The Kier molecular flexibility index (Phi) is 5.74. The minimum Gasteiger partial charge on any atom is -0.493 e. The van der Waals surface area contributed by atoms with Gasteiger partial charge in [0.05, 0.1) is 12.3 Å². The molecule has 0 aliphatic heterocycles. The monoisotopic (exact) mass is 353 g/mol. The molecule has 5 nitrogen and oxygen atoms in total. The number of para-hydroxylation sites is 1. The lowest BCUT2D eigenvalue weighted by Gasteiger charge is -2.08. The number of nitrogens with zero attached hydrogens (tertiary/aromatic N) is 2. The number of benzene rings is 1. The van der Waals surface area contributed by atoms with Crippen molar-refractivity contribution in [2.45, 2.75) is 19.8 Å². The summed E-state index contributed by atoms with van der Waals surface area (Å²) in [5, 5.41) is 5.30. The lowest BCUT2D eigenvalue weighted by atomic mass is 10.2. The zero-order valence-corrected chi connectivity index (χ0v) is 14.8. The predicted molar refractivity (Wildman–Crippen MR) is 99.9 cm³/mol. The Bertz CT molecular complexity index is 833. The maximum Gasteiger partial charge on any atom is 0.226 e. The molecule has 0 atom stereocenters. The first-order valence-corrected chi connectivity index (χ1v) is 8.95. The van der Waals surface area contributed by atoms with Gasteiger partial charge in [0.15, 0.2) is 5.13 Å². The Hall–Kier alpha value is -2.73. The van der Waals surface area contributed by atoms with Crippen molar-refractivity contribution in [1.29, 1.82) is 0 Å². The van der Waals surface area contributed by atoms with Crippen LogP contribution >= 0.6 is 11.3 Å². The molecule has 128 valence electrons. The third-order valence-corrected chi connectivity index (χ3v) is 4.33. The van der Waals surface area contributed by atoms with Gasteiger partial charge in [0, 0.05) is 18.0 Å². The zero-order valence-electron chi connectivity index (χ0n) is 13.9. The molecule has 3 rings (SSSR count). The molecule has 1 N–H and O–H groups in total. The van der Waals surface area contributed by atoms with Gasteiger partial charge in [0.2, 0.25) is 5.91 Å². The SMILES string of the molecule is Cc1ccccc1OCCCC(=O)Nc1nc(-c2ccccn2)cs1. The van der Waals surface area contributed by atoms with Gasteiger partial charge in [-0.3, -0.25) is 9.78 Å². The van der Waals surface area contributed by atoms with E-state index in [0.717, 1.165) is 22.7 Å². The lowest BCUT2D eigenvalue weighted by molar-refractivity contribution is -0.116. The van der Waals surface area contributed by atoms with E-state index in [2.05, 4.69) is 15.3 Å². The molecule has 0 saturated carbocycles. The molecule has 0 radical (unpaired) electrons. The van der Waals surface area contributed by atoms with Crippen LogP contribution in [0.2, 0.25) is 0 Å². The summed E-state index contributed by atoms with van der Waals surface area (Å²) < 4.78 is 5.70. The standard InChI is InChI=1S/C19H19N3O2S/c1-14-7-2-3-9-17(14)24-12-6-10-18(23)22-19-21-16(13-25-19)15-8-4-5-11-20-15/h2-5,7-9,11,13H,6,10,12H2,1H3,(H,21,22,23). The second-order valence-corrected chi connectivity index (χ2v) is 6.38. The largest absolute Gasteiger partial charge is 0.493 e. The van der Waals surface area contributed by atoms with Crippen molar-refractivity contribution in [2.24, 2.45) is 0 Å². The number of nitrogens with one attached hydrogen (secondary N) is 1. The van der Waals surface area contributed by atoms with Crippen molar-refractivity contribution < 1.29 is 9.53 Å². The number of pyridine rings is 1. The molecule has 2 aromatic heterocycles. The van der Waals surface area contributed by atoms with Gasteiger partial charge in [-0.25, -0.2) is 4.98 Å². The van der Waals surface area contributed by atoms with Crippen LogP contribution in [0.3, 0.4) is 0 Å². The summed E-state index contributed by atoms with van der Waals surface area (Å²) in [6, 6.07) is 13.5. The molecule has 1 amide bonds. The van der Waals surface area contributed by atoms with Crippen LogP contribution in [0.1, 0.15) is 18.4 Å². The highest BCUT2D eigenvalue weighted by Gasteiger charge is 2.08. The number of ether oxygens (including phenoxy) is 1. The van der Waals surface area contributed by atoms with Crippen LogP contribution in [0.4, 0.5) is 5.13 Å². The second kappa shape index (κ2) is 8.39. The number of anilines is 1. The summed E-state index contributed by atoms with van der Waals surface area (Å²) in [4.78, 5) is 20.7. The molecule has 25 heavy (non-hydrogen) atoms. The number of thiazole rings is 1. The summed E-state index contributed by atoms with van der Waals surface area (Å²) in [6.45, 7) is 2.51. The molecule has 0 bridgehead atoms. The Labute approximate surface area is 150 Å². The number of aryl methyl sites for hydroxylation is 1. The van der Waals surface area contributed by atoms with Crippen LogP contribution in [0.25, 0.3) is 11.4 Å². The van der Waals surface area contributed by atoms with E-state index >= 15 is 0 Å². The van der Waals surface area contributed by atoms with E-state index in [4.69, 9.17) is 4.74 Å². The summed E-state index contributed by atoms with van der Waals surface area (Å²) >= 11 is 1.40. The minimum atomic E-state index is -0.0599. The fourth-order valence-corrected chi connectivity index (χ4v) is 3.00. The van der Waals surface area contributed by atoms with E-state index in [1.165, 1.54) is 11.3 Å². The first kappa shape index (κ1) is 17.1. The molecule has 1 aromatic carbocycles. The number of carbonyl (C=O) groups excluding carboxylic acids is 1. The van der Waals surface area contributed by atoms with Crippen LogP contribution in [-0.2, 0) is 4.79 Å². The Morgan fingerprint density at radius 1 is 1.16 bits per heavy atom. The smallest absolute Gasteiger partial charge is 0.226 e. The third kappa shape index (κ3) is 4.87. The van der Waals surface area contributed by atoms with Crippen molar-refractivity contribution in [3.05, 3.63) is 59.6 Å². The van der Waals surface area contributed by atoms with Gasteiger partial charge < -0.3 is 10.1 Å². The summed E-state index contributed by atoms with van der Waals surface area (Å²) in [6.07, 6.45) is 2.77. The van der Waals surface area contributed by atoms with Gasteiger partial charge in [0.25, 0.3) is 0 Å². The average molecular weight is 353 g/mol. The maximum atomic E-state index is 12.0. The second-order valence-electron chi connectivity index (χ2n) is 5.52. The van der Waals surface area contributed by atoms with Crippen molar-refractivity contribution in [2.75, 3.05) is 11.9 Å². The highest BCUT2D eigenvalue weighted by atomic mass is 32.1. The van der Waals surface area contributed by atoms with Crippen LogP contribution in [0.5, 0.6) is 5.75 Å². The van der Waals surface area contributed by atoms with E-state index in [1.54, 1.807) is 6.20 Å². The fourth-order valence-electron chi connectivity index (χ4n) is 2.28. The van der Waals surface area contributed by atoms with Crippen LogP contribution < -0.4 is 10.1 Å². The normalized spacial score (nSPS) is 10.4. The number of aromatic nitrogens is 2. The van der Waals surface area contributed by atoms with Crippen molar-refractivity contribution in [3.8, 4) is 17.1 Å². The first-order chi connectivity index (χ1) is 12.2. The van der Waals surface area contributed by atoms with Crippen LogP contribution in [0, 0.1) is 6.92 Å². The molecule has 0 fully saturated rings. The number of amides is 1. The first-order valence-electron chi connectivity index (χ1n) is 8.07. The Balaban J connectivity index is 1.44. The Morgan fingerprint density at radius 3 is 2.80 bits per heavy atom. The van der Waals surface area contributed by atoms with Gasteiger partial charge in [0.1, 0.15) is 11.4 Å². The summed E-state index contributed by atoms with van der Waals surface area (Å²) in [7, 11) is 0. The lowest BCUT2D eigenvalue weighted by Crippen LogP contribution is -2.12.